The summed E-state index contributed by atoms with van der Waals surface area (Å²) in [5.41, 5.74) is 0. The molecule has 8 aliphatic rings. The van der Waals surface area contributed by atoms with E-state index in [1.807, 2.05) is 0 Å². The summed E-state index contributed by atoms with van der Waals surface area (Å²) in [6.45, 7) is -2.37. The molecule has 4 saturated carbocycles. The highest BCUT2D eigenvalue weighted by atomic mass is 32.2. The Bertz CT molecular complexity index is 1320. The number of alkyl halides is 2. The van der Waals surface area contributed by atoms with Gasteiger partial charge >= 0.3 is 33.3 Å². The molecular weight excluding hydrogens is 634 g/mol. The summed E-state index contributed by atoms with van der Waals surface area (Å²) in [4.78, 5) is 35.6. The summed E-state index contributed by atoms with van der Waals surface area (Å²) >= 11 is 0. The monoisotopic (exact) mass is 674 g/mol. The van der Waals surface area contributed by atoms with Crippen LogP contribution in [-0.2, 0) is 61.9 Å². The molecule has 0 amide bonds. The van der Waals surface area contributed by atoms with Crippen molar-refractivity contribution >= 4 is 38.1 Å². The van der Waals surface area contributed by atoms with Crippen LogP contribution in [0.3, 0.4) is 0 Å². The minimum atomic E-state index is -5.12. The number of fused-ring (bicyclic) bond motifs is 2. The van der Waals surface area contributed by atoms with Crippen molar-refractivity contribution in [2.75, 3.05) is 26.6 Å². The first kappa shape index (κ1) is 34.9. The average Bonchev–Trinajstić information content (AvgIpc) is 3.17. The average molecular weight is 675 g/mol. The van der Waals surface area contributed by atoms with Crippen LogP contribution in [0.15, 0.2) is 0 Å². The third-order valence-electron chi connectivity index (χ3n) is 9.31. The lowest BCUT2D eigenvalue weighted by molar-refractivity contribution is -0.177. The van der Waals surface area contributed by atoms with E-state index in [2.05, 4.69) is 8.92 Å². The first-order chi connectivity index (χ1) is 20.0. The number of carbonyl (C=O) groups is 3. The number of carbonyl (C=O) groups excluding carboxylic acids is 3. The van der Waals surface area contributed by atoms with E-state index in [1.165, 1.54) is 0 Å². The number of halogens is 2. The predicted molar refractivity (Wildman–Crippen MR) is 146 cm³/mol. The Morgan fingerprint density at radius 3 is 1.84 bits per heavy atom. The van der Waals surface area contributed by atoms with Crippen LogP contribution in [0.5, 0.6) is 0 Å². The fourth-order valence-corrected chi connectivity index (χ4v) is 8.83. The largest absolute Gasteiger partial charge is 0.459 e. The van der Waals surface area contributed by atoms with Crippen molar-refractivity contribution in [2.24, 2.45) is 35.5 Å². The molecule has 4 saturated heterocycles. The molecule has 10 unspecified atom stereocenters. The van der Waals surface area contributed by atoms with Crippen LogP contribution in [0.25, 0.3) is 0 Å². The number of ether oxygens (including phenoxy) is 4. The fraction of sp³-hybridized carbons (Fsp3) is 0.889. The van der Waals surface area contributed by atoms with Crippen LogP contribution < -0.4 is 0 Å². The minimum Gasteiger partial charge on any atom is -0.459 e. The molecule has 8 bridgehead atoms. The van der Waals surface area contributed by atoms with Gasteiger partial charge in [0.25, 0.3) is 10.1 Å². The Kier molecular flexibility index (Phi) is 10.3. The van der Waals surface area contributed by atoms with Gasteiger partial charge in [0.15, 0.2) is 0 Å². The first-order valence-corrected chi connectivity index (χ1v) is 17.5. The van der Waals surface area contributed by atoms with Gasteiger partial charge in [-0.05, 0) is 69.1 Å². The van der Waals surface area contributed by atoms with Crippen molar-refractivity contribution < 1.29 is 67.3 Å². The van der Waals surface area contributed by atoms with Gasteiger partial charge in [-0.15, -0.1) is 0 Å². The van der Waals surface area contributed by atoms with Gasteiger partial charge in [-0.3, -0.25) is 18.0 Å². The van der Waals surface area contributed by atoms with Crippen LogP contribution in [0, 0.1) is 35.5 Å². The van der Waals surface area contributed by atoms with E-state index in [0.29, 0.717) is 38.2 Å². The summed E-state index contributed by atoms with van der Waals surface area (Å²) in [5.74, 6) is -0.582. The Balaban J connectivity index is 0.000000212. The second-order valence-corrected chi connectivity index (χ2v) is 15.9. The lowest BCUT2D eigenvalue weighted by Crippen LogP contribution is -2.46. The molecule has 0 aromatic carbocycles. The van der Waals surface area contributed by atoms with Gasteiger partial charge in [-0.25, -0.2) is 4.79 Å². The molecule has 0 radical (unpaired) electrons. The third kappa shape index (κ3) is 7.53. The molecule has 0 N–H and O–H groups in total. The second kappa shape index (κ2) is 13.0. The van der Waals surface area contributed by atoms with Crippen molar-refractivity contribution in [3.05, 3.63) is 0 Å². The van der Waals surface area contributed by atoms with Gasteiger partial charge in [0.2, 0.25) is 0 Å². The lowest BCUT2D eigenvalue weighted by atomic mass is 9.67. The van der Waals surface area contributed by atoms with Crippen molar-refractivity contribution in [1.29, 1.82) is 0 Å². The van der Waals surface area contributed by atoms with Gasteiger partial charge in [0, 0.05) is 5.92 Å². The molecule has 0 aromatic heterocycles. The van der Waals surface area contributed by atoms with E-state index in [9.17, 15) is 40.0 Å². The molecular formula is C27H40F2O13S2. The standard InChI is InChI=1S/C15H20F2O8S.C11H16O5S.CH4/c1-22-26(20,21)15(16,17)7-23-6-12(18)25-13-9-2-8-3-10(5-9)14(19)24-11(13)4-8;1-17(13,14)16-10-7-2-6-3-8(5-7)11(12)15-9(10)4-6;/h8-11,13H,2-7H2,1H3;6-10H,2-5H2,1H3;1H4. The van der Waals surface area contributed by atoms with Crippen LogP contribution in [0.4, 0.5) is 8.78 Å². The zero-order valence-electron chi connectivity index (χ0n) is 23.7. The highest BCUT2D eigenvalue weighted by molar-refractivity contribution is 7.87. The molecule has 0 spiro atoms. The van der Waals surface area contributed by atoms with E-state index in [0.717, 1.165) is 38.4 Å². The van der Waals surface area contributed by atoms with Gasteiger partial charge in [0.05, 0.1) is 25.2 Å². The predicted octanol–water partition coefficient (Wildman–Crippen LogP) is 2.17. The Morgan fingerprint density at radius 1 is 0.841 bits per heavy atom. The first-order valence-electron chi connectivity index (χ1n) is 14.3. The zero-order chi connectivity index (χ0) is 31.3. The van der Waals surface area contributed by atoms with E-state index >= 15 is 0 Å². The molecule has 44 heavy (non-hydrogen) atoms. The SMILES string of the molecule is C.COS(=O)(=O)C(F)(F)COCC(=O)OC1C2CC3CC(C2)C(=O)OC1C3.CS(=O)(=O)OC1C2CC3CC(C2)C(=O)OC1C3. The lowest BCUT2D eigenvalue weighted by Gasteiger charge is -2.41. The van der Waals surface area contributed by atoms with E-state index in [-0.39, 0.29) is 49.1 Å². The van der Waals surface area contributed by atoms with Crippen LogP contribution in [0.1, 0.15) is 58.8 Å². The highest BCUT2D eigenvalue weighted by Crippen LogP contribution is 2.49. The summed E-state index contributed by atoms with van der Waals surface area (Å²) in [6, 6.07) is 0. The molecule has 4 aliphatic heterocycles. The molecule has 4 aliphatic carbocycles. The number of hydrogen-bond acceptors (Lipinski definition) is 13. The normalized spacial score (nSPS) is 37.1. The van der Waals surface area contributed by atoms with Gasteiger partial charge in [0.1, 0.15) is 37.6 Å². The van der Waals surface area contributed by atoms with Crippen LogP contribution in [-0.4, -0.2) is 91.0 Å². The summed E-state index contributed by atoms with van der Waals surface area (Å²) in [7, 11) is -8.00. The number of rotatable bonds is 9. The molecule has 10 atom stereocenters. The van der Waals surface area contributed by atoms with Crippen molar-refractivity contribution in [3.8, 4) is 0 Å². The quantitative estimate of drug-likeness (QED) is 0.198. The molecule has 17 heteroatoms. The maximum atomic E-state index is 13.4. The van der Waals surface area contributed by atoms with Crippen molar-refractivity contribution in [1.82, 2.24) is 0 Å². The maximum absolute atomic E-state index is 13.4. The minimum absolute atomic E-state index is 0. The number of hydrogen-bond donors (Lipinski definition) is 0. The van der Waals surface area contributed by atoms with E-state index in [1.54, 1.807) is 0 Å². The van der Waals surface area contributed by atoms with Crippen LogP contribution >= 0.6 is 0 Å². The summed E-state index contributed by atoms with van der Waals surface area (Å²) < 4.78 is 101. The third-order valence-corrected chi connectivity index (χ3v) is 11.2. The Hall–Kier alpha value is -1.95. The summed E-state index contributed by atoms with van der Waals surface area (Å²) in [5, 5.41) is -4.28. The topological polar surface area (TPSA) is 175 Å². The van der Waals surface area contributed by atoms with Gasteiger partial charge in [-0.2, -0.15) is 25.6 Å². The second-order valence-electron chi connectivity index (χ2n) is 12.5. The molecule has 8 rings (SSSR count). The highest BCUT2D eigenvalue weighted by Gasteiger charge is 2.53. The molecule has 4 heterocycles. The molecule has 13 nitrogen and oxygen atoms in total. The van der Waals surface area contributed by atoms with Gasteiger partial charge in [-0.1, -0.05) is 7.43 Å². The molecule has 8 fully saturated rings. The fourth-order valence-electron chi connectivity index (χ4n) is 7.68. The van der Waals surface area contributed by atoms with E-state index in [4.69, 9.17) is 18.4 Å². The van der Waals surface area contributed by atoms with Crippen LogP contribution in [0.2, 0.25) is 0 Å². The van der Waals surface area contributed by atoms with Crippen molar-refractivity contribution in [2.45, 2.75) is 88.5 Å². The smallest absolute Gasteiger partial charge is 0.392 e. The van der Waals surface area contributed by atoms with Gasteiger partial charge < -0.3 is 18.9 Å². The molecule has 0 aromatic rings. The molecule has 252 valence electrons. The Labute approximate surface area is 255 Å². The summed E-state index contributed by atoms with van der Waals surface area (Å²) in [6.07, 6.45) is 5.20. The van der Waals surface area contributed by atoms with E-state index < -0.39 is 63.0 Å². The van der Waals surface area contributed by atoms with Crippen molar-refractivity contribution in [3.63, 3.8) is 0 Å². The Morgan fingerprint density at radius 2 is 1.34 bits per heavy atom. The number of esters is 3. The zero-order valence-corrected chi connectivity index (χ0v) is 25.4. The maximum Gasteiger partial charge on any atom is 0.392 e.